The molecule has 4 N–H and O–H groups in total. The van der Waals surface area contributed by atoms with E-state index in [1.165, 1.54) is 5.56 Å². The number of ether oxygens (including phenoxy) is 1. The van der Waals surface area contributed by atoms with Crippen molar-refractivity contribution in [1.29, 1.82) is 0 Å². The van der Waals surface area contributed by atoms with Gasteiger partial charge in [-0.3, -0.25) is 0 Å². The topological polar surface area (TPSA) is 73.8 Å². The molecule has 0 saturated heterocycles. The smallest absolute Gasteiger partial charge is 0.138 e. The average molecular weight is 393 g/mol. The number of aliphatic hydroxyl groups excluding tert-OH is 1. The van der Waals surface area contributed by atoms with Crippen LogP contribution in [0.4, 0.5) is 5.69 Å². The van der Waals surface area contributed by atoms with Crippen LogP contribution in [-0.2, 0) is 12.8 Å². The fraction of sp³-hybridized carbons (Fsp3) is 0.429. The number of hydrogen-bond acceptors (Lipinski definition) is 5. The van der Waals surface area contributed by atoms with Gasteiger partial charge in [-0.1, -0.05) is 18.2 Å². The van der Waals surface area contributed by atoms with Gasteiger partial charge in [0.15, 0.2) is 0 Å². The first kappa shape index (κ1) is 21.4. The maximum Gasteiger partial charge on any atom is 0.138 e. The minimum atomic E-state index is -0.579. The highest BCUT2D eigenvalue weighted by Crippen LogP contribution is 2.39. The van der Waals surface area contributed by atoms with Crippen molar-refractivity contribution in [2.24, 2.45) is 0 Å². The first-order chi connectivity index (χ1) is 12.5. The van der Waals surface area contributed by atoms with Crippen molar-refractivity contribution in [2.75, 3.05) is 19.5 Å². The molecule has 3 rings (SSSR count). The second kappa shape index (κ2) is 9.31. The summed E-state index contributed by atoms with van der Waals surface area (Å²) in [6, 6.07) is 11.8. The number of halogens is 1. The molecule has 1 aliphatic rings. The third kappa shape index (κ3) is 4.67. The summed E-state index contributed by atoms with van der Waals surface area (Å²) in [7, 11) is 3.46. The molecule has 0 aliphatic heterocycles. The first-order valence-electron chi connectivity index (χ1n) is 9.13. The monoisotopic (exact) mass is 392 g/mol. The molecule has 0 bridgehead atoms. The van der Waals surface area contributed by atoms with Crippen LogP contribution in [0.15, 0.2) is 36.4 Å². The summed E-state index contributed by atoms with van der Waals surface area (Å²) in [5.74, 6) is 1.09. The Bertz CT molecular complexity index is 752. The molecular weight excluding hydrogens is 364 g/mol. The molecule has 0 amide bonds. The largest absolute Gasteiger partial charge is 0.506 e. The number of aromatic hydroxyl groups is 1. The zero-order valence-corrected chi connectivity index (χ0v) is 16.8. The third-order valence-corrected chi connectivity index (χ3v) is 5.18. The second-order valence-corrected chi connectivity index (χ2v) is 6.99. The number of methoxy groups -OCH3 is 1. The predicted octanol–water partition coefficient (Wildman–Crippen LogP) is 3.43. The number of phenolic OH excluding ortho intramolecular Hbond substituents is 1. The van der Waals surface area contributed by atoms with E-state index in [4.69, 9.17) is 4.74 Å². The van der Waals surface area contributed by atoms with Crippen LogP contribution < -0.4 is 15.4 Å². The molecule has 27 heavy (non-hydrogen) atoms. The molecule has 1 aliphatic carbocycles. The lowest BCUT2D eigenvalue weighted by molar-refractivity contribution is 0.109. The Morgan fingerprint density at radius 2 is 1.89 bits per heavy atom. The van der Waals surface area contributed by atoms with Gasteiger partial charge in [0.25, 0.3) is 0 Å². The number of nitrogens with one attached hydrogen (secondary N) is 2. The highest BCUT2D eigenvalue weighted by atomic mass is 35.5. The number of benzene rings is 2. The summed E-state index contributed by atoms with van der Waals surface area (Å²) in [4.78, 5) is 0. The van der Waals surface area contributed by atoms with E-state index in [0.29, 0.717) is 0 Å². The van der Waals surface area contributed by atoms with Gasteiger partial charge in [0.2, 0.25) is 0 Å². The Balaban J connectivity index is 0.00000261. The van der Waals surface area contributed by atoms with Gasteiger partial charge in [0, 0.05) is 19.1 Å². The van der Waals surface area contributed by atoms with Gasteiger partial charge in [-0.15, -0.1) is 12.4 Å². The van der Waals surface area contributed by atoms with Gasteiger partial charge in [0.1, 0.15) is 11.5 Å². The molecule has 148 valence electrons. The molecule has 0 heterocycles. The molecule has 3 atom stereocenters. The van der Waals surface area contributed by atoms with Crippen LogP contribution >= 0.6 is 12.4 Å². The molecule has 1 unspecified atom stereocenters. The molecule has 0 saturated carbocycles. The Morgan fingerprint density at radius 1 is 1.19 bits per heavy atom. The van der Waals surface area contributed by atoms with E-state index in [-0.39, 0.29) is 30.2 Å². The number of anilines is 1. The lowest BCUT2D eigenvalue weighted by Crippen LogP contribution is -2.44. The van der Waals surface area contributed by atoms with E-state index in [9.17, 15) is 10.2 Å². The number of hydrogen-bond donors (Lipinski definition) is 4. The van der Waals surface area contributed by atoms with Gasteiger partial charge in [-0.25, -0.2) is 0 Å². The summed E-state index contributed by atoms with van der Waals surface area (Å²) >= 11 is 0. The van der Waals surface area contributed by atoms with E-state index >= 15 is 0 Å². The molecular formula is C21H29ClN2O3. The highest BCUT2D eigenvalue weighted by Gasteiger charge is 2.30. The zero-order valence-electron chi connectivity index (χ0n) is 16.0. The van der Waals surface area contributed by atoms with E-state index in [2.05, 4.69) is 29.7 Å². The number of fused-ring (bicyclic) bond motifs is 1. The van der Waals surface area contributed by atoms with Crippen LogP contribution in [-0.4, -0.2) is 36.5 Å². The number of phenols is 1. The predicted molar refractivity (Wildman–Crippen MR) is 111 cm³/mol. The van der Waals surface area contributed by atoms with Crippen LogP contribution in [0.2, 0.25) is 0 Å². The van der Waals surface area contributed by atoms with Gasteiger partial charge in [0.05, 0.1) is 18.9 Å². The van der Waals surface area contributed by atoms with Crippen molar-refractivity contribution >= 4 is 18.1 Å². The van der Waals surface area contributed by atoms with E-state index in [0.717, 1.165) is 41.8 Å². The van der Waals surface area contributed by atoms with Crippen LogP contribution in [0.3, 0.4) is 0 Å². The van der Waals surface area contributed by atoms with Crippen LogP contribution in [0.1, 0.15) is 36.1 Å². The summed E-state index contributed by atoms with van der Waals surface area (Å²) in [6.07, 6.45) is 1.96. The molecule has 0 fully saturated rings. The van der Waals surface area contributed by atoms with Crippen LogP contribution in [0.25, 0.3) is 0 Å². The minimum Gasteiger partial charge on any atom is -0.506 e. The molecule has 0 spiro atoms. The quantitative estimate of drug-likeness (QED) is 0.567. The Hall–Kier alpha value is -1.95. The molecule has 2 aromatic rings. The van der Waals surface area contributed by atoms with Gasteiger partial charge in [-0.2, -0.15) is 0 Å². The van der Waals surface area contributed by atoms with Crippen molar-refractivity contribution in [3.63, 3.8) is 0 Å². The average Bonchev–Trinajstić information content (AvgIpc) is 2.64. The SMILES string of the molecule is CNc1c(O)ccc2c1CC[C@H](NC(C)Cc1ccc(OC)cc1)[C@H]2O.Cl. The molecule has 0 aromatic heterocycles. The number of aliphatic hydroxyl groups is 1. The summed E-state index contributed by atoms with van der Waals surface area (Å²) in [5, 5.41) is 27.4. The van der Waals surface area contributed by atoms with Crippen molar-refractivity contribution in [3.8, 4) is 11.5 Å². The fourth-order valence-electron chi connectivity index (χ4n) is 3.87. The van der Waals surface area contributed by atoms with Crippen molar-refractivity contribution in [1.82, 2.24) is 5.32 Å². The molecule has 5 nitrogen and oxygen atoms in total. The Kier molecular flexibility index (Phi) is 7.36. The maximum absolute atomic E-state index is 10.8. The molecule has 6 heteroatoms. The summed E-state index contributed by atoms with van der Waals surface area (Å²) < 4.78 is 5.20. The Morgan fingerprint density at radius 3 is 2.52 bits per heavy atom. The zero-order chi connectivity index (χ0) is 18.7. The maximum atomic E-state index is 10.8. The Labute approximate surface area is 167 Å². The van der Waals surface area contributed by atoms with E-state index in [1.54, 1.807) is 20.2 Å². The van der Waals surface area contributed by atoms with Gasteiger partial charge < -0.3 is 25.6 Å². The van der Waals surface area contributed by atoms with Gasteiger partial charge >= 0.3 is 0 Å². The lowest BCUT2D eigenvalue weighted by Gasteiger charge is -2.34. The fourth-order valence-corrected chi connectivity index (χ4v) is 3.87. The lowest BCUT2D eigenvalue weighted by atomic mass is 9.84. The van der Waals surface area contributed by atoms with E-state index < -0.39 is 6.10 Å². The normalized spacial score (nSPS) is 19.6. The number of rotatable bonds is 6. The molecule has 2 aromatic carbocycles. The standard InChI is InChI=1S/C21H28N2O3.ClH/c1-13(12-14-4-6-15(26-3)7-5-14)23-18-10-8-16-17(21(18)25)9-11-19(24)20(16)22-2;/h4-7,9,11,13,18,21-25H,8,10,12H2,1-3H3;1H/t13?,18-,21-;/m0./s1. The summed E-state index contributed by atoms with van der Waals surface area (Å²) in [6.45, 7) is 2.14. The first-order valence-corrected chi connectivity index (χ1v) is 9.13. The highest BCUT2D eigenvalue weighted by molar-refractivity contribution is 5.85. The van der Waals surface area contributed by atoms with E-state index in [1.807, 2.05) is 18.2 Å². The van der Waals surface area contributed by atoms with Crippen LogP contribution in [0.5, 0.6) is 11.5 Å². The summed E-state index contributed by atoms with van der Waals surface area (Å²) in [5.41, 5.74) is 3.87. The second-order valence-electron chi connectivity index (χ2n) is 6.99. The van der Waals surface area contributed by atoms with Crippen LogP contribution in [0, 0.1) is 0 Å². The van der Waals surface area contributed by atoms with Crippen molar-refractivity contribution in [3.05, 3.63) is 53.1 Å². The minimum absolute atomic E-state index is 0. The third-order valence-electron chi connectivity index (χ3n) is 5.18. The van der Waals surface area contributed by atoms with Crippen molar-refractivity contribution < 1.29 is 14.9 Å². The van der Waals surface area contributed by atoms with Crippen molar-refractivity contribution in [2.45, 2.75) is 44.4 Å². The molecule has 0 radical (unpaired) electrons. The van der Waals surface area contributed by atoms with Gasteiger partial charge in [-0.05, 0) is 61.1 Å².